The maximum absolute atomic E-state index is 13.9. The van der Waals surface area contributed by atoms with Gasteiger partial charge in [-0.1, -0.05) is 54.6 Å². The van der Waals surface area contributed by atoms with Gasteiger partial charge in [-0.15, -0.1) is 0 Å². The lowest BCUT2D eigenvalue weighted by atomic mass is 9.83. The molecule has 1 N–H and O–H groups in total. The third-order valence-electron chi connectivity index (χ3n) is 7.86. The van der Waals surface area contributed by atoms with Gasteiger partial charge >= 0.3 is 5.97 Å². The highest BCUT2D eigenvalue weighted by molar-refractivity contribution is 6.08. The maximum atomic E-state index is 13.9. The number of likely N-dealkylation sites (tertiary alicyclic amines) is 1. The van der Waals surface area contributed by atoms with Gasteiger partial charge in [-0.05, 0) is 54.7 Å². The number of para-hydroxylation sites is 1. The SMILES string of the molecule is Cc1c(C(=O)N2CCC3(CC2)OCc2ccccc23)c2ccccc2n1Cc1ccc(C(=O)O)cc1. The molecular weight excluding hydrogens is 452 g/mol. The molecule has 4 aromatic rings. The number of fused-ring (bicyclic) bond motifs is 3. The van der Waals surface area contributed by atoms with Crippen molar-refractivity contribution in [2.45, 2.75) is 38.5 Å². The summed E-state index contributed by atoms with van der Waals surface area (Å²) in [6.07, 6.45) is 1.59. The Balaban J connectivity index is 1.28. The van der Waals surface area contributed by atoms with E-state index in [1.807, 2.05) is 48.2 Å². The van der Waals surface area contributed by atoms with Crippen molar-refractivity contribution in [2.75, 3.05) is 13.1 Å². The van der Waals surface area contributed by atoms with Crippen molar-refractivity contribution in [2.24, 2.45) is 0 Å². The zero-order valence-corrected chi connectivity index (χ0v) is 20.2. The molecule has 1 saturated heterocycles. The molecule has 6 heteroatoms. The summed E-state index contributed by atoms with van der Waals surface area (Å²) < 4.78 is 8.45. The Hall–Kier alpha value is -3.90. The standard InChI is InChI=1S/C30H28N2O4/c1-20-27(28(33)31-16-14-30(15-17-31)25-8-4-2-6-23(25)19-36-30)24-7-3-5-9-26(24)32(20)18-21-10-12-22(13-11-21)29(34)35/h2-13H,14-19H2,1H3,(H,34,35). The third kappa shape index (κ3) is 3.60. The number of carbonyl (C=O) groups is 2. The molecule has 3 aromatic carbocycles. The van der Waals surface area contributed by atoms with Crippen LogP contribution in [0.3, 0.4) is 0 Å². The first kappa shape index (κ1) is 22.6. The van der Waals surface area contributed by atoms with Crippen LogP contribution in [-0.2, 0) is 23.5 Å². The minimum Gasteiger partial charge on any atom is -0.478 e. The highest BCUT2D eigenvalue weighted by Crippen LogP contribution is 2.44. The molecule has 6 rings (SSSR count). The van der Waals surface area contributed by atoms with Crippen LogP contribution in [0.15, 0.2) is 72.8 Å². The summed E-state index contributed by atoms with van der Waals surface area (Å²) >= 11 is 0. The maximum Gasteiger partial charge on any atom is 0.335 e. The number of amides is 1. The molecular formula is C30H28N2O4. The van der Waals surface area contributed by atoms with Gasteiger partial charge in [0.1, 0.15) is 0 Å². The number of aromatic nitrogens is 1. The third-order valence-corrected chi connectivity index (χ3v) is 7.86. The van der Waals surface area contributed by atoms with Crippen LogP contribution in [0.4, 0.5) is 0 Å². The molecule has 36 heavy (non-hydrogen) atoms. The van der Waals surface area contributed by atoms with E-state index in [9.17, 15) is 14.7 Å². The molecule has 1 amide bonds. The summed E-state index contributed by atoms with van der Waals surface area (Å²) in [5, 5.41) is 10.1. The number of benzene rings is 3. The van der Waals surface area contributed by atoms with E-state index >= 15 is 0 Å². The predicted molar refractivity (Wildman–Crippen MR) is 137 cm³/mol. The van der Waals surface area contributed by atoms with E-state index < -0.39 is 5.97 Å². The van der Waals surface area contributed by atoms with E-state index in [4.69, 9.17) is 4.74 Å². The number of aromatic carboxylic acids is 1. The van der Waals surface area contributed by atoms with E-state index in [1.54, 1.807) is 12.1 Å². The number of ether oxygens (including phenoxy) is 1. The van der Waals surface area contributed by atoms with Crippen molar-refractivity contribution in [1.82, 2.24) is 9.47 Å². The van der Waals surface area contributed by atoms with Gasteiger partial charge in [0.05, 0.1) is 23.3 Å². The van der Waals surface area contributed by atoms with Crippen molar-refractivity contribution >= 4 is 22.8 Å². The van der Waals surface area contributed by atoms with Crippen LogP contribution in [-0.4, -0.2) is 39.5 Å². The summed E-state index contributed by atoms with van der Waals surface area (Å²) in [5.41, 5.74) is 6.18. The fourth-order valence-electron chi connectivity index (χ4n) is 5.87. The van der Waals surface area contributed by atoms with Crippen LogP contribution in [0.5, 0.6) is 0 Å². The fourth-order valence-corrected chi connectivity index (χ4v) is 5.87. The molecule has 2 aliphatic rings. The topological polar surface area (TPSA) is 71.8 Å². The molecule has 1 spiro atoms. The zero-order chi connectivity index (χ0) is 24.9. The van der Waals surface area contributed by atoms with Crippen LogP contribution >= 0.6 is 0 Å². The predicted octanol–water partition coefficient (Wildman–Crippen LogP) is 5.36. The minimum atomic E-state index is -0.938. The van der Waals surface area contributed by atoms with Gasteiger partial charge in [0, 0.05) is 36.2 Å². The quantitative estimate of drug-likeness (QED) is 0.427. The molecule has 0 saturated carbocycles. The van der Waals surface area contributed by atoms with Crippen LogP contribution in [0, 0.1) is 6.92 Å². The molecule has 3 heterocycles. The number of hydrogen-bond donors (Lipinski definition) is 1. The summed E-state index contributed by atoms with van der Waals surface area (Å²) in [7, 11) is 0. The molecule has 1 aromatic heterocycles. The molecule has 0 bridgehead atoms. The van der Waals surface area contributed by atoms with Gasteiger partial charge in [0.15, 0.2) is 0 Å². The second-order valence-corrected chi connectivity index (χ2v) is 9.80. The average Bonchev–Trinajstić information content (AvgIpc) is 3.39. The van der Waals surface area contributed by atoms with Gasteiger partial charge < -0.3 is 19.3 Å². The lowest BCUT2D eigenvalue weighted by Crippen LogP contribution is -2.45. The van der Waals surface area contributed by atoms with Crippen LogP contribution < -0.4 is 0 Å². The number of hydrogen-bond acceptors (Lipinski definition) is 3. The Bertz CT molecular complexity index is 1480. The zero-order valence-electron chi connectivity index (χ0n) is 20.2. The van der Waals surface area contributed by atoms with Crippen molar-refractivity contribution in [3.8, 4) is 0 Å². The molecule has 6 nitrogen and oxygen atoms in total. The highest BCUT2D eigenvalue weighted by atomic mass is 16.5. The lowest BCUT2D eigenvalue weighted by molar-refractivity contribution is -0.0741. The van der Waals surface area contributed by atoms with E-state index in [1.165, 1.54) is 11.1 Å². The lowest BCUT2D eigenvalue weighted by Gasteiger charge is -2.39. The molecule has 0 aliphatic carbocycles. The molecule has 0 unspecified atom stereocenters. The summed E-state index contributed by atoms with van der Waals surface area (Å²) in [6.45, 7) is 4.52. The number of piperidine rings is 1. The van der Waals surface area contributed by atoms with Crippen LogP contribution in [0.1, 0.15) is 55.9 Å². The summed E-state index contributed by atoms with van der Waals surface area (Å²) in [5.74, 6) is -0.878. The van der Waals surface area contributed by atoms with Gasteiger partial charge in [-0.2, -0.15) is 0 Å². The Labute approximate surface area is 209 Å². The van der Waals surface area contributed by atoms with E-state index in [-0.39, 0.29) is 17.1 Å². The normalized spacial score (nSPS) is 16.4. The van der Waals surface area contributed by atoms with Crippen LogP contribution in [0.2, 0.25) is 0 Å². The van der Waals surface area contributed by atoms with Gasteiger partial charge in [-0.3, -0.25) is 4.79 Å². The van der Waals surface area contributed by atoms with E-state index in [0.29, 0.717) is 26.2 Å². The Morgan fingerprint density at radius 2 is 1.64 bits per heavy atom. The van der Waals surface area contributed by atoms with E-state index in [2.05, 4.69) is 28.8 Å². The second-order valence-electron chi connectivity index (χ2n) is 9.80. The molecule has 2 aliphatic heterocycles. The number of carboxylic acid groups (broad SMARTS) is 1. The van der Waals surface area contributed by atoms with Crippen molar-refractivity contribution in [3.63, 3.8) is 0 Å². The molecule has 0 atom stereocenters. The average molecular weight is 481 g/mol. The Morgan fingerprint density at radius 3 is 2.39 bits per heavy atom. The van der Waals surface area contributed by atoms with E-state index in [0.717, 1.165) is 40.6 Å². The number of rotatable bonds is 4. The first-order valence-electron chi connectivity index (χ1n) is 12.4. The fraction of sp³-hybridized carbons (Fsp3) is 0.267. The number of carbonyl (C=O) groups excluding carboxylic acids is 1. The van der Waals surface area contributed by atoms with Crippen LogP contribution in [0.25, 0.3) is 10.9 Å². The van der Waals surface area contributed by atoms with Crippen molar-refractivity contribution in [3.05, 3.63) is 106 Å². The first-order valence-corrected chi connectivity index (χ1v) is 12.4. The van der Waals surface area contributed by atoms with Crippen molar-refractivity contribution < 1.29 is 19.4 Å². The number of carboxylic acids is 1. The second kappa shape index (κ2) is 8.64. The molecule has 182 valence electrons. The minimum absolute atomic E-state index is 0.0600. The molecule has 0 radical (unpaired) electrons. The summed E-state index contributed by atoms with van der Waals surface area (Å²) in [4.78, 5) is 27.1. The van der Waals surface area contributed by atoms with Gasteiger partial charge in [0.2, 0.25) is 0 Å². The molecule has 1 fully saturated rings. The van der Waals surface area contributed by atoms with Crippen molar-refractivity contribution in [1.29, 1.82) is 0 Å². The van der Waals surface area contributed by atoms with Gasteiger partial charge in [-0.25, -0.2) is 4.79 Å². The first-order chi connectivity index (χ1) is 17.5. The smallest absolute Gasteiger partial charge is 0.335 e. The summed E-state index contributed by atoms with van der Waals surface area (Å²) in [6, 6.07) is 23.4. The number of nitrogens with zero attached hydrogens (tertiary/aromatic N) is 2. The Morgan fingerprint density at radius 1 is 0.944 bits per heavy atom. The largest absolute Gasteiger partial charge is 0.478 e. The monoisotopic (exact) mass is 480 g/mol. The Kier molecular flexibility index (Phi) is 5.41. The highest BCUT2D eigenvalue weighted by Gasteiger charge is 2.43. The van der Waals surface area contributed by atoms with Gasteiger partial charge in [0.25, 0.3) is 5.91 Å².